The Morgan fingerprint density at radius 1 is 1.20 bits per heavy atom. The maximum Gasteiger partial charge on any atom is 0.363 e. The minimum Gasteiger partial charge on any atom is -0.462 e. The number of hydrogen-bond acceptors (Lipinski definition) is 4. The molecule has 0 amide bonds. The summed E-state index contributed by atoms with van der Waals surface area (Å²) in [6.45, 7) is 1.79. The number of aliphatic imine (C=N–C) groups is 1. The van der Waals surface area contributed by atoms with Crippen LogP contribution in [-0.2, 0) is 9.53 Å². The number of ether oxygens (including phenoxy) is 1. The SMILES string of the molecule is Cc1ccc(C=C2N=C(c3ccccc3F)OC2=O)o1. The van der Waals surface area contributed by atoms with E-state index in [0.717, 1.165) is 5.76 Å². The number of esters is 1. The van der Waals surface area contributed by atoms with Gasteiger partial charge in [-0.15, -0.1) is 0 Å². The van der Waals surface area contributed by atoms with Gasteiger partial charge in [-0.2, -0.15) is 0 Å². The van der Waals surface area contributed by atoms with Crippen molar-refractivity contribution >= 4 is 17.9 Å². The Morgan fingerprint density at radius 2 is 2.00 bits per heavy atom. The Morgan fingerprint density at radius 3 is 2.70 bits per heavy atom. The third kappa shape index (κ3) is 2.25. The number of hydrogen-bond donors (Lipinski definition) is 0. The van der Waals surface area contributed by atoms with Gasteiger partial charge in [0.05, 0.1) is 5.56 Å². The van der Waals surface area contributed by atoms with E-state index in [2.05, 4.69) is 4.99 Å². The van der Waals surface area contributed by atoms with Gasteiger partial charge in [0.2, 0.25) is 5.90 Å². The minimum atomic E-state index is -0.627. The molecule has 1 aromatic heterocycles. The van der Waals surface area contributed by atoms with Crippen molar-refractivity contribution in [1.29, 1.82) is 0 Å². The molecule has 0 saturated carbocycles. The zero-order valence-electron chi connectivity index (χ0n) is 10.6. The largest absolute Gasteiger partial charge is 0.462 e. The number of aryl methyl sites for hydroxylation is 1. The van der Waals surface area contributed by atoms with E-state index in [-0.39, 0.29) is 17.2 Å². The predicted octanol–water partition coefficient (Wildman–Crippen LogP) is 3.07. The van der Waals surface area contributed by atoms with E-state index < -0.39 is 11.8 Å². The van der Waals surface area contributed by atoms with E-state index in [9.17, 15) is 9.18 Å². The Balaban J connectivity index is 1.97. The van der Waals surface area contributed by atoms with E-state index in [1.165, 1.54) is 18.2 Å². The molecule has 0 spiro atoms. The zero-order valence-corrected chi connectivity index (χ0v) is 10.6. The minimum absolute atomic E-state index is 0.0392. The third-order valence-electron chi connectivity index (χ3n) is 2.76. The molecular weight excluding hydrogens is 261 g/mol. The lowest BCUT2D eigenvalue weighted by molar-refractivity contribution is -0.129. The Hall–Kier alpha value is -2.69. The van der Waals surface area contributed by atoms with Crippen LogP contribution in [-0.4, -0.2) is 11.9 Å². The number of rotatable bonds is 2. The predicted molar refractivity (Wildman–Crippen MR) is 70.5 cm³/mol. The van der Waals surface area contributed by atoms with Crippen LogP contribution in [0.1, 0.15) is 17.1 Å². The van der Waals surface area contributed by atoms with Gasteiger partial charge in [-0.25, -0.2) is 14.2 Å². The first kappa shape index (κ1) is 12.3. The van der Waals surface area contributed by atoms with Crippen molar-refractivity contribution in [1.82, 2.24) is 0 Å². The molecule has 0 saturated heterocycles. The van der Waals surface area contributed by atoms with Gasteiger partial charge >= 0.3 is 5.97 Å². The van der Waals surface area contributed by atoms with Crippen molar-refractivity contribution in [3.63, 3.8) is 0 Å². The average molecular weight is 271 g/mol. The topological polar surface area (TPSA) is 51.8 Å². The molecule has 0 atom stereocenters. The summed E-state index contributed by atoms with van der Waals surface area (Å²) in [6, 6.07) is 9.47. The second-order valence-electron chi connectivity index (χ2n) is 4.26. The van der Waals surface area contributed by atoms with Crippen LogP contribution in [0.3, 0.4) is 0 Å². The standard InChI is InChI=1S/C15H10FNO3/c1-9-6-7-10(19-9)8-13-15(18)20-14(17-13)11-4-2-3-5-12(11)16/h2-8H,1H3. The smallest absolute Gasteiger partial charge is 0.363 e. The second-order valence-corrected chi connectivity index (χ2v) is 4.26. The van der Waals surface area contributed by atoms with Crippen LogP contribution in [0.25, 0.3) is 6.08 Å². The van der Waals surface area contributed by atoms with E-state index in [1.54, 1.807) is 31.2 Å². The van der Waals surface area contributed by atoms with Crippen LogP contribution in [0.4, 0.5) is 4.39 Å². The Kier molecular flexibility index (Phi) is 2.95. The quantitative estimate of drug-likeness (QED) is 0.623. The maximum atomic E-state index is 13.6. The van der Waals surface area contributed by atoms with Gasteiger partial charge in [0.15, 0.2) is 5.70 Å². The van der Waals surface area contributed by atoms with Crippen LogP contribution in [0, 0.1) is 12.7 Å². The summed E-state index contributed by atoms with van der Waals surface area (Å²) >= 11 is 0. The summed E-state index contributed by atoms with van der Waals surface area (Å²) < 4.78 is 23.9. The summed E-state index contributed by atoms with van der Waals surface area (Å²) in [5, 5.41) is 0. The molecule has 3 rings (SSSR count). The Labute approximate surface area is 114 Å². The molecule has 0 aliphatic carbocycles. The fourth-order valence-corrected chi connectivity index (χ4v) is 1.82. The summed E-state index contributed by atoms with van der Waals surface area (Å²) in [5.41, 5.74) is 0.234. The highest BCUT2D eigenvalue weighted by atomic mass is 19.1. The second kappa shape index (κ2) is 4.77. The highest BCUT2D eigenvalue weighted by Crippen LogP contribution is 2.21. The number of cyclic esters (lactones) is 1. The number of nitrogens with zero attached hydrogens (tertiary/aromatic N) is 1. The van der Waals surface area contributed by atoms with E-state index in [0.29, 0.717) is 5.76 Å². The van der Waals surface area contributed by atoms with Gasteiger partial charge in [-0.1, -0.05) is 12.1 Å². The Bertz CT molecular complexity index is 743. The number of benzene rings is 1. The number of carbonyl (C=O) groups excluding carboxylic acids is 1. The summed E-state index contributed by atoms with van der Waals surface area (Å²) in [5.74, 6) is 0.0589. The van der Waals surface area contributed by atoms with Crippen molar-refractivity contribution < 1.29 is 18.3 Å². The summed E-state index contributed by atoms with van der Waals surface area (Å²) in [6.07, 6.45) is 1.46. The molecule has 4 nitrogen and oxygen atoms in total. The highest BCUT2D eigenvalue weighted by molar-refractivity contribution is 6.12. The van der Waals surface area contributed by atoms with Gasteiger partial charge in [0, 0.05) is 6.08 Å². The van der Waals surface area contributed by atoms with Crippen molar-refractivity contribution in [2.24, 2.45) is 4.99 Å². The molecule has 0 unspecified atom stereocenters. The van der Waals surface area contributed by atoms with Crippen LogP contribution in [0.2, 0.25) is 0 Å². The molecule has 0 N–H and O–H groups in total. The van der Waals surface area contributed by atoms with Crippen molar-refractivity contribution in [3.05, 3.63) is 65.0 Å². The molecule has 100 valence electrons. The summed E-state index contributed by atoms with van der Waals surface area (Å²) in [7, 11) is 0. The van der Waals surface area contributed by atoms with Crippen molar-refractivity contribution in [2.45, 2.75) is 6.92 Å². The monoisotopic (exact) mass is 271 g/mol. The molecule has 2 heterocycles. The lowest BCUT2D eigenvalue weighted by Gasteiger charge is -1.99. The van der Waals surface area contributed by atoms with Crippen LogP contribution in [0.5, 0.6) is 0 Å². The van der Waals surface area contributed by atoms with E-state index in [1.807, 2.05) is 0 Å². The molecule has 0 fully saturated rings. The first-order chi connectivity index (χ1) is 9.63. The lowest BCUT2D eigenvalue weighted by Crippen LogP contribution is -2.07. The van der Waals surface area contributed by atoms with Crippen molar-refractivity contribution in [2.75, 3.05) is 0 Å². The van der Waals surface area contributed by atoms with Gasteiger partial charge in [-0.3, -0.25) is 0 Å². The molecule has 1 aliphatic heterocycles. The fraction of sp³-hybridized carbons (Fsp3) is 0.0667. The molecule has 1 aliphatic rings. The van der Waals surface area contributed by atoms with Gasteiger partial charge < -0.3 is 9.15 Å². The molecular formula is C15H10FNO3. The molecule has 5 heteroatoms. The van der Waals surface area contributed by atoms with Crippen LogP contribution >= 0.6 is 0 Å². The normalized spacial score (nSPS) is 16.4. The fourth-order valence-electron chi connectivity index (χ4n) is 1.82. The molecule has 20 heavy (non-hydrogen) atoms. The number of carbonyl (C=O) groups is 1. The van der Waals surface area contributed by atoms with Gasteiger partial charge in [-0.05, 0) is 31.2 Å². The number of furan rings is 1. The van der Waals surface area contributed by atoms with Gasteiger partial charge in [0.25, 0.3) is 0 Å². The molecule has 1 aromatic carbocycles. The highest BCUT2D eigenvalue weighted by Gasteiger charge is 2.26. The average Bonchev–Trinajstić information content (AvgIpc) is 2.98. The summed E-state index contributed by atoms with van der Waals surface area (Å²) in [4.78, 5) is 15.7. The third-order valence-corrected chi connectivity index (χ3v) is 2.76. The number of halogens is 1. The van der Waals surface area contributed by atoms with E-state index in [4.69, 9.17) is 9.15 Å². The first-order valence-electron chi connectivity index (χ1n) is 5.97. The molecule has 0 bridgehead atoms. The van der Waals surface area contributed by atoms with Crippen LogP contribution < -0.4 is 0 Å². The maximum absolute atomic E-state index is 13.6. The molecule has 2 aromatic rings. The van der Waals surface area contributed by atoms with E-state index >= 15 is 0 Å². The molecule has 0 radical (unpaired) electrons. The van der Waals surface area contributed by atoms with Gasteiger partial charge in [0.1, 0.15) is 17.3 Å². The van der Waals surface area contributed by atoms with Crippen molar-refractivity contribution in [3.8, 4) is 0 Å². The lowest BCUT2D eigenvalue weighted by atomic mass is 10.2. The van der Waals surface area contributed by atoms with Crippen LogP contribution in [0.15, 0.2) is 51.5 Å². The zero-order chi connectivity index (χ0) is 14.1. The first-order valence-corrected chi connectivity index (χ1v) is 5.97.